The molecule has 0 aliphatic rings. The minimum atomic E-state index is 0.389. The predicted molar refractivity (Wildman–Crippen MR) is 68.8 cm³/mol. The van der Waals surface area contributed by atoms with Crippen LogP contribution < -0.4 is 5.32 Å². The fourth-order valence-corrected chi connectivity index (χ4v) is 1.83. The highest BCUT2D eigenvalue weighted by Crippen LogP contribution is 2.18. The molecule has 0 saturated carbocycles. The summed E-state index contributed by atoms with van der Waals surface area (Å²) in [5, 5.41) is 3.48. The highest BCUT2D eigenvalue weighted by atomic mass is 16.5. The molecule has 2 nitrogen and oxygen atoms in total. The van der Waals surface area contributed by atoms with E-state index in [1.807, 2.05) is 6.92 Å². The molecule has 1 rings (SSSR count). The molecule has 1 aromatic rings. The maximum atomic E-state index is 5.31. The zero-order chi connectivity index (χ0) is 12.0. The highest BCUT2D eigenvalue weighted by molar-refractivity contribution is 5.32. The van der Waals surface area contributed by atoms with Gasteiger partial charge in [-0.1, -0.05) is 23.8 Å². The molecule has 0 amide bonds. The maximum Gasteiger partial charge on any atom is 0.0590 e. The lowest BCUT2D eigenvalue weighted by Gasteiger charge is -2.17. The van der Waals surface area contributed by atoms with Crippen LogP contribution in [-0.2, 0) is 4.74 Å². The van der Waals surface area contributed by atoms with Crippen molar-refractivity contribution in [2.75, 3.05) is 19.8 Å². The van der Waals surface area contributed by atoms with Crippen molar-refractivity contribution in [3.05, 3.63) is 34.9 Å². The Kier molecular flexibility index (Phi) is 5.50. The van der Waals surface area contributed by atoms with Crippen molar-refractivity contribution >= 4 is 0 Å². The van der Waals surface area contributed by atoms with Crippen molar-refractivity contribution in [2.24, 2.45) is 0 Å². The van der Waals surface area contributed by atoms with Crippen LogP contribution in [0, 0.1) is 13.8 Å². The first kappa shape index (κ1) is 13.2. The van der Waals surface area contributed by atoms with E-state index in [0.717, 1.165) is 19.8 Å². The minimum absolute atomic E-state index is 0.389. The number of rotatable bonds is 6. The molecule has 1 atom stereocenters. The SMILES string of the molecule is CCOCCNC(C)c1cc(C)ccc1C. The van der Waals surface area contributed by atoms with Crippen molar-refractivity contribution in [1.29, 1.82) is 0 Å². The van der Waals surface area contributed by atoms with E-state index in [4.69, 9.17) is 4.74 Å². The summed E-state index contributed by atoms with van der Waals surface area (Å²) >= 11 is 0. The van der Waals surface area contributed by atoms with Crippen LogP contribution in [0.25, 0.3) is 0 Å². The van der Waals surface area contributed by atoms with Crippen LogP contribution in [0.4, 0.5) is 0 Å². The summed E-state index contributed by atoms with van der Waals surface area (Å²) in [5.41, 5.74) is 4.05. The Morgan fingerprint density at radius 2 is 2.06 bits per heavy atom. The van der Waals surface area contributed by atoms with Gasteiger partial charge in [-0.25, -0.2) is 0 Å². The minimum Gasteiger partial charge on any atom is -0.380 e. The van der Waals surface area contributed by atoms with Crippen LogP contribution in [0.1, 0.15) is 36.6 Å². The first-order valence-corrected chi connectivity index (χ1v) is 6.03. The summed E-state index contributed by atoms with van der Waals surface area (Å²) in [7, 11) is 0. The molecule has 0 aromatic heterocycles. The third kappa shape index (κ3) is 3.95. The fraction of sp³-hybridized carbons (Fsp3) is 0.571. The molecule has 0 radical (unpaired) electrons. The third-order valence-corrected chi connectivity index (χ3v) is 2.80. The second-order valence-electron chi connectivity index (χ2n) is 4.23. The van der Waals surface area contributed by atoms with Crippen molar-refractivity contribution in [3.8, 4) is 0 Å². The lowest BCUT2D eigenvalue weighted by molar-refractivity contribution is 0.147. The van der Waals surface area contributed by atoms with Crippen LogP contribution in [-0.4, -0.2) is 19.8 Å². The maximum absolute atomic E-state index is 5.31. The Morgan fingerprint density at radius 3 is 2.75 bits per heavy atom. The molecule has 1 aromatic carbocycles. The molecule has 16 heavy (non-hydrogen) atoms. The number of hydrogen-bond acceptors (Lipinski definition) is 2. The molecule has 1 N–H and O–H groups in total. The molecule has 0 heterocycles. The van der Waals surface area contributed by atoms with Gasteiger partial charge in [0.1, 0.15) is 0 Å². The normalized spacial score (nSPS) is 12.8. The first-order chi connectivity index (χ1) is 7.65. The summed E-state index contributed by atoms with van der Waals surface area (Å²) < 4.78 is 5.31. The molecule has 0 saturated heterocycles. The van der Waals surface area contributed by atoms with Crippen molar-refractivity contribution in [3.63, 3.8) is 0 Å². The second kappa shape index (κ2) is 6.66. The highest BCUT2D eigenvalue weighted by Gasteiger charge is 2.07. The lowest BCUT2D eigenvalue weighted by atomic mass is 10.00. The smallest absolute Gasteiger partial charge is 0.0590 e. The van der Waals surface area contributed by atoms with E-state index in [-0.39, 0.29) is 0 Å². The molecule has 0 spiro atoms. The Morgan fingerprint density at radius 1 is 1.31 bits per heavy atom. The van der Waals surface area contributed by atoms with Crippen LogP contribution in [0.15, 0.2) is 18.2 Å². The molecule has 0 aliphatic carbocycles. The topological polar surface area (TPSA) is 21.3 Å². The van der Waals surface area contributed by atoms with Gasteiger partial charge in [0, 0.05) is 19.2 Å². The number of benzene rings is 1. The zero-order valence-electron chi connectivity index (χ0n) is 10.8. The van der Waals surface area contributed by atoms with Crippen LogP contribution in [0.5, 0.6) is 0 Å². The molecule has 90 valence electrons. The molecule has 0 bridgehead atoms. The average Bonchev–Trinajstić information content (AvgIpc) is 2.27. The predicted octanol–water partition coefficient (Wildman–Crippen LogP) is 2.99. The molecular formula is C14H23NO. The van der Waals surface area contributed by atoms with Gasteiger partial charge in [-0.05, 0) is 38.8 Å². The Labute approximate surface area is 99.0 Å². The van der Waals surface area contributed by atoms with Gasteiger partial charge in [0.15, 0.2) is 0 Å². The number of nitrogens with one attached hydrogen (secondary N) is 1. The number of ether oxygens (including phenoxy) is 1. The summed E-state index contributed by atoms with van der Waals surface area (Å²) in [6, 6.07) is 6.99. The molecular weight excluding hydrogens is 198 g/mol. The van der Waals surface area contributed by atoms with Crippen molar-refractivity contribution < 1.29 is 4.74 Å². The van der Waals surface area contributed by atoms with Gasteiger partial charge in [-0.15, -0.1) is 0 Å². The second-order valence-corrected chi connectivity index (χ2v) is 4.23. The monoisotopic (exact) mass is 221 g/mol. The van der Waals surface area contributed by atoms with Crippen LogP contribution in [0.2, 0.25) is 0 Å². The Bertz CT molecular complexity index is 323. The fourth-order valence-electron chi connectivity index (χ4n) is 1.83. The van der Waals surface area contributed by atoms with Gasteiger partial charge in [-0.2, -0.15) is 0 Å². The van der Waals surface area contributed by atoms with Crippen molar-refractivity contribution in [1.82, 2.24) is 5.32 Å². The van der Waals surface area contributed by atoms with E-state index in [1.54, 1.807) is 0 Å². The number of aryl methyl sites for hydroxylation is 2. The van der Waals surface area contributed by atoms with Crippen LogP contribution in [0.3, 0.4) is 0 Å². The van der Waals surface area contributed by atoms with Crippen molar-refractivity contribution in [2.45, 2.75) is 33.7 Å². The zero-order valence-corrected chi connectivity index (χ0v) is 10.8. The van der Waals surface area contributed by atoms with Gasteiger partial charge < -0.3 is 10.1 Å². The van der Waals surface area contributed by atoms with Gasteiger partial charge in [0.25, 0.3) is 0 Å². The summed E-state index contributed by atoms with van der Waals surface area (Å²) in [5.74, 6) is 0. The van der Waals surface area contributed by atoms with E-state index in [2.05, 4.69) is 44.3 Å². The molecule has 0 fully saturated rings. The Hall–Kier alpha value is -0.860. The molecule has 2 heteroatoms. The van der Waals surface area contributed by atoms with Crippen LogP contribution >= 0.6 is 0 Å². The van der Waals surface area contributed by atoms with E-state index < -0.39 is 0 Å². The number of hydrogen-bond donors (Lipinski definition) is 1. The quantitative estimate of drug-likeness (QED) is 0.746. The van der Waals surface area contributed by atoms with E-state index in [1.165, 1.54) is 16.7 Å². The lowest BCUT2D eigenvalue weighted by Crippen LogP contribution is -2.23. The third-order valence-electron chi connectivity index (χ3n) is 2.80. The van der Waals surface area contributed by atoms with Gasteiger partial charge in [-0.3, -0.25) is 0 Å². The van der Waals surface area contributed by atoms with Gasteiger partial charge in [0.2, 0.25) is 0 Å². The molecule has 0 aliphatic heterocycles. The summed E-state index contributed by atoms with van der Waals surface area (Å²) in [4.78, 5) is 0. The van der Waals surface area contributed by atoms with Gasteiger partial charge in [0.05, 0.1) is 6.61 Å². The largest absolute Gasteiger partial charge is 0.380 e. The summed E-state index contributed by atoms with van der Waals surface area (Å²) in [6.45, 7) is 11.0. The average molecular weight is 221 g/mol. The Balaban J connectivity index is 2.51. The van der Waals surface area contributed by atoms with Gasteiger partial charge >= 0.3 is 0 Å². The van der Waals surface area contributed by atoms with E-state index in [9.17, 15) is 0 Å². The summed E-state index contributed by atoms with van der Waals surface area (Å²) in [6.07, 6.45) is 0. The standard InChI is InChI=1S/C14H23NO/c1-5-16-9-8-15-13(4)14-10-11(2)6-7-12(14)3/h6-7,10,13,15H,5,8-9H2,1-4H3. The van der Waals surface area contributed by atoms with E-state index >= 15 is 0 Å². The molecule has 1 unspecified atom stereocenters. The first-order valence-electron chi connectivity index (χ1n) is 6.03. The van der Waals surface area contributed by atoms with E-state index in [0.29, 0.717) is 6.04 Å².